The summed E-state index contributed by atoms with van der Waals surface area (Å²) in [5.41, 5.74) is 5.82. The van der Waals surface area contributed by atoms with Crippen LogP contribution in [-0.2, 0) is 14.3 Å². The van der Waals surface area contributed by atoms with Gasteiger partial charge in [-0.1, -0.05) is 12.1 Å². The average Bonchev–Trinajstić information content (AvgIpc) is 2.93. The molecule has 1 aliphatic heterocycles. The van der Waals surface area contributed by atoms with E-state index < -0.39 is 11.3 Å². The number of hydrogen-bond donors (Lipinski definition) is 2. The van der Waals surface area contributed by atoms with E-state index >= 15 is 0 Å². The minimum atomic E-state index is -0.746. The standard InChI is InChI=1S/C15H19BrN2O3/c16-11-3-1-2-4-12(11)18-14(13(17)19)5-7-15(8-6-14)20-9-10-21-15/h1-4,18H,5-10H2,(H2,17,19). The molecule has 1 saturated heterocycles. The highest BCUT2D eigenvalue weighted by atomic mass is 79.9. The molecule has 6 heteroatoms. The number of rotatable bonds is 3. The third kappa shape index (κ3) is 2.80. The number of carbonyl (C=O) groups is 1. The van der Waals surface area contributed by atoms with Crippen molar-refractivity contribution in [3.8, 4) is 0 Å². The Labute approximate surface area is 132 Å². The van der Waals surface area contributed by atoms with Crippen LogP contribution in [0.1, 0.15) is 25.7 Å². The molecule has 1 amide bonds. The van der Waals surface area contributed by atoms with Crippen molar-refractivity contribution in [1.82, 2.24) is 0 Å². The van der Waals surface area contributed by atoms with Crippen LogP contribution >= 0.6 is 15.9 Å². The molecule has 114 valence electrons. The molecule has 1 heterocycles. The third-order valence-electron chi connectivity index (χ3n) is 4.40. The summed E-state index contributed by atoms with van der Waals surface area (Å²) >= 11 is 3.49. The number of halogens is 1. The van der Waals surface area contributed by atoms with E-state index in [1.54, 1.807) is 0 Å². The molecule has 0 aromatic heterocycles. The molecule has 3 rings (SSSR count). The molecule has 5 nitrogen and oxygen atoms in total. The third-order valence-corrected chi connectivity index (χ3v) is 5.09. The Kier molecular flexibility index (Phi) is 3.94. The van der Waals surface area contributed by atoms with Gasteiger partial charge in [0.1, 0.15) is 5.54 Å². The van der Waals surface area contributed by atoms with Crippen LogP contribution in [0.2, 0.25) is 0 Å². The van der Waals surface area contributed by atoms with Gasteiger partial charge in [-0.05, 0) is 40.9 Å². The van der Waals surface area contributed by atoms with Crippen molar-refractivity contribution in [2.45, 2.75) is 37.0 Å². The molecule has 0 atom stereocenters. The predicted octanol–water partition coefficient (Wildman–Crippen LogP) is 2.40. The van der Waals surface area contributed by atoms with Gasteiger partial charge in [0.25, 0.3) is 0 Å². The number of amides is 1. The SMILES string of the molecule is NC(=O)C1(Nc2ccccc2Br)CCC2(CC1)OCCO2. The van der Waals surface area contributed by atoms with Crippen LogP contribution in [0.25, 0.3) is 0 Å². The van der Waals surface area contributed by atoms with Crippen LogP contribution in [-0.4, -0.2) is 30.4 Å². The van der Waals surface area contributed by atoms with Crippen molar-refractivity contribution in [2.75, 3.05) is 18.5 Å². The zero-order chi connectivity index (χ0) is 14.9. The molecule has 1 aromatic rings. The quantitative estimate of drug-likeness (QED) is 0.873. The van der Waals surface area contributed by atoms with Crippen LogP contribution in [0, 0.1) is 0 Å². The van der Waals surface area contributed by atoms with Crippen molar-refractivity contribution in [2.24, 2.45) is 5.73 Å². The molecular formula is C15H19BrN2O3. The van der Waals surface area contributed by atoms with Crippen LogP contribution in [0.3, 0.4) is 0 Å². The highest BCUT2D eigenvalue weighted by molar-refractivity contribution is 9.10. The van der Waals surface area contributed by atoms with Gasteiger partial charge in [-0.15, -0.1) is 0 Å². The lowest BCUT2D eigenvalue weighted by Crippen LogP contribution is -2.56. The lowest BCUT2D eigenvalue weighted by atomic mass is 9.78. The van der Waals surface area contributed by atoms with Crippen molar-refractivity contribution in [1.29, 1.82) is 0 Å². The van der Waals surface area contributed by atoms with Crippen LogP contribution < -0.4 is 11.1 Å². The number of para-hydroxylation sites is 1. The maximum atomic E-state index is 12.1. The van der Waals surface area contributed by atoms with Gasteiger partial charge >= 0.3 is 0 Å². The summed E-state index contributed by atoms with van der Waals surface area (Å²) in [6.07, 6.45) is 2.55. The Bertz CT molecular complexity index is 533. The molecule has 3 N–H and O–H groups in total. The van der Waals surface area contributed by atoms with Gasteiger partial charge in [0.2, 0.25) is 5.91 Å². The summed E-state index contributed by atoms with van der Waals surface area (Å²) in [5, 5.41) is 3.34. The first-order chi connectivity index (χ1) is 10.1. The Balaban J connectivity index is 1.79. The molecule has 0 radical (unpaired) electrons. The first kappa shape index (κ1) is 14.8. The summed E-state index contributed by atoms with van der Waals surface area (Å²) < 4.78 is 12.4. The summed E-state index contributed by atoms with van der Waals surface area (Å²) in [4.78, 5) is 12.1. The average molecular weight is 355 g/mol. The number of primary amides is 1. The number of nitrogens with one attached hydrogen (secondary N) is 1. The van der Waals surface area contributed by atoms with E-state index in [0.717, 1.165) is 10.2 Å². The summed E-state index contributed by atoms with van der Waals surface area (Å²) in [5.74, 6) is -0.833. The number of benzene rings is 1. The Morgan fingerprint density at radius 2 is 1.76 bits per heavy atom. The minimum Gasteiger partial charge on any atom is -0.370 e. The number of carbonyl (C=O) groups excluding carboxylic acids is 1. The fourth-order valence-corrected chi connectivity index (χ4v) is 3.48. The van der Waals surface area contributed by atoms with Gasteiger partial charge < -0.3 is 20.5 Å². The maximum Gasteiger partial charge on any atom is 0.243 e. The number of nitrogens with two attached hydrogens (primary N) is 1. The van der Waals surface area contributed by atoms with Gasteiger partial charge in [-0.25, -0.2) is 0 Å². The van der Waals surface area contributed by atoms with E-state index in [2.05, 4.69) is 21.2 Å². The van der Waals surface area contributed by atoms with E-state index in [-0.39, 0.29) is 5.91 Å². The molecule has 1 aliphatic carbocycles. The summed E-state index contributed by atoms with van der Waals surface area (Å²) in [6, 6.07) is 7.73. The van der Waals surface area contributed by atoms with Gasteiger partial charge in [0, 0.05) is 23.0 Å². The van der Waals surface area contributed by atoms with Gasteiger partial charge in [0.05, 0.1) is 13.2 Å². The smallest absolute Gasteiger partial charge is 0.243 e. The molecule has 1 spiro atoms. The van der Waals surface area contributed by atoms with Crippen molar-refractivity contribution < 1.29 is 14.3 Å². The Morgan fingerprint density at radius 3 is 2.33 bits per heavy atom. The second kappa shape index (κ2) is 5.59. The Morgan fingerprint density at radius 1 is 1.14 bits per heavy atom. The molecule has 0 unspecified atom stereocenters. The van der Waals surface area contributed by atoms with Gasteiger partial charge in [0.15, 0.2) is 5.79 Å². The maximum absolute atomic E-state index is 12.1. The number of hydrogen-bond acceptors (Lipinski definition) is 4. The minimum absolute atomic E-state index is 0.328. The molecule has 21 heavy (non-hydrogen) atoms. The molecule has 1 aromatic carbocycles. The van der Waals surface area contributed by atoms with Gasteiger partial charge in [-0.3, -0.25) is 4.79 Å². The molecule has 2 fully saturated rings. The van der Waals surface area contributed by atoms with Crippen LogP contribution in [0.15, 0.2) is 28.7 Å². The lowest BCUT2D eigenvalue weighted by molar-refractivity contribution is -0.183. The first-order valence-corrected chi connectivity index (χ1v) is 7.95. The fraction of sp³-hybridized carbons (Fsp3) is 0.533. The highest BCUT2D eigenvalue weighted by Crippen LogP contribution is 2.42. The van der Waals surface area contributed by atoms with Crippen LogP contribution in [0.4, 0.5) is 5.69 Å². The summed E-state index contributed by atoms with van der Waals surface area (Å²) in [7, 11) is 0. The zero-order valence-corrected chi connectivity index (χ0v) is 13.3. The van der Waals surface area contributed by atoms with E-state index in [0.29, 0.717) is 38.9 Å². The molecule has 1 saturated carbocycles. The molecular weight excluding hydrogens is 336 g/mol. The topological polar surface area (TPSA) is 73.6 Å². The second-order valence-electron chi connectivity index (χ2n) is 5.66. The van der Waals surface area contributed by atoms with E-state index in [4.69, 9.17) is 15.2 Å². The van der Waals surface area contributed by atoms with Crippen LogP contribution in [0.5, 0.6) is 0 Å². The Hall–Kier alpha value is -1.11. The normalized spacial score (nSPS) is 23.1. The van der Waals surface area contributed by atoms with Crippen molar-refractivity contribution >= 4 is 27.5 Å². The predicted molar refractivity (Wildman–Crippen MR) is 82.8 cm³/mol. The highest BCUT2D eigenvalue weighted by Gasteiger charge is 2.49. The second-order valence-corrected chi connectivity index (χ2v) is 6.51. The van der Waals surface area contributed by atoms with Gasteiger partial charge in [-0.2, -0.15) is 0 Å². The number of ether oxygens (including phenoxy) is 2. The van der Waals surface area contributed by atoms with E-state index in [1.807, 2.05) is 24.3 Å². The number of anilines is 1. The first-order valence-electron chi connectivity index (χ1n) is 7.16. The van der Waals surface area contributed by atoms with Crippen molar-refractivity contribution in [3.63, 3.8) is 0 Å². The van der Waals surface area contributed by atoms with Crippen molar-refractivity contribution in [3.05, 3.63) is 28.7 Å². The monoisotopic (exact) mass is 354 g/mol. The zero-order valence-electron chi connectivity index (χ0n) is 11.7. The summed E-state index contributed by atoms with van der Waals surface area (Å²) in [6.45, 7) is 1.25. The molecule has 0 bridgehead atoms. The van der Waals surface area contributed by atoms with E-state index in [1.165, 1.54) is 0 Å². The fourth-order valence-electron chi connectivity index (χ4n) is 3.10. The molecule has 2 aliphatic rings. The largest absolute Gasteiger partial charge is 0.370 e. The lowest BCUT2D eigenvalue weighted by Gasteiger charge is -2.42. The van der Waals surface area contributed by atoms with E-state index in [9.17, 15) is 4.79 Å².